The number of carboxylic acids is 2. The summed E-state index contributed by atoms with van der Waals surface area (Å²) in [5.74, 6) is -3.87. The van der Waals surface area contributed by atoms with Gasteiger partial charge in [-0.2, -0.15) is 0 Å². The van der Waals surface area contributed by atoms with Crippen molar-refractivity contribution in [3.05, 3.63) is 29.8 Å². The molecule has 0 bridgehead atoms. The average molecular weight is 319 g/mol. The first kappa shape index (κ1) is 18.7. The third kappa shape index (κ3) is 6.10. The van der Waals surface area contributed by atoms with Crippen molar-refractivity contribution in [1.29, 1.82) is 0 Å². The van der Waals surface area contributed by atoms with Crippen LogP contribution in [0.1, 0.15) is 49.9 Å². The highest BCUT2D eigenvalue weighted by Crippen LogP contribution is 2.22. The number of unbranched alkanes of at least 4 members (excludes halogenated alkanes) is 1. The van der Waals surface area contributed by atoms with E-state index >= 15 is 0 Å². The normalized spacial score (nSPS) is 13.1. The minimum Gasteiger partial charge on any atom is -0.550 e. The van der Waals surface area contributed by atoms with Crippen LogP contribution >= 0.6 is 0 Å². The highest BCUT2D eigenvalue weighted by molar-refractivity contribution is 5.93. The Labute approximate surface area is 135 Å². The second-order valence-corrected chi connectivity index (χ2v) is 5.67. The van der Waals surface area contributed by atoms with E-state index < -0.39 is 17.9 Å². The molecule has 1 N–H and O–H groups in total. The lowest BCUT2D eigenvalue weighted by Crippen LogP contribution is -2.36. The van der Waals surface area contributed by atoms with Gasteiger partial charge in [-0.15, -0.1) is 0 Å². The molecule has 0 saturated heterocycles. The molecule has 1 aromatic carbocycles. The molecule has 0 heterocycles. The molecule has 6 heteroatoms. The van der Waals surface area contributed by atoms with Gasteiger partial charge in [0.15, 0.2) is 0 Å². The fourth-order valence-electron chi connectivity index (χ4n) is 2.43. The first-order chi connectivity index (χ1) is 10.8. The smallest absolute Gasteiger partial charge is 0.224 e. The summed E-state index contributed by atoms with van der Waals surface area (Å²) in [7, 11) is 0. The molecule has 0 aromatic heterocycles. The number of carboxylic acid groups (broad SMARTS) is 2. The molecule has 1 rings (SSSR count). The number of hydrogen-bond acceptors (Lipinski definition) is 5. The SMILES string of the molecule is CCCC[C@@H](C(=O)[O-])[C@@H](C)CC(=O)Nc1cccc(C(=O)[O-])c1. The van der Waals surface area contributed by atoms with Gasteiger partial charge in [0.05, 0.1) is 5.97 Å². The number of aromatic carboxylic acids is 1. The molecule has 2 atom stereocenters. The number of carbonyl (C=O) groups is 3. The van der Waals surface area contributed by atoms with Crippen molar-refractivity contribution in [3.63, 3.8) is 0 Å². The Hall–Kier alpha value is -2.37. The molecule has 6 nitrogen and oxygen atoms in total. The summed E-state index contributed by atoms with van der Waals surface area (Å²) in [4.78, 5) is 34.0. The maximum Gasteiger partial charge on any atom is 0.224 e. The number of aliphatic carboxylic acids is 1. The van der Waals surface area contributed by atoms with Crippen molar-refractivity contribution >= 4 is 23.5 Å². The van der Waals surface area contributed by atoms with Gasteiger partial charge >= 0.3 is 0 Å². The number of benzene rings is 1. The van der Waals surface area contributed by atoms with Crippen LogP contribution in [0.2, 0.25) is 0 Å². The topological polar surface area (TPSA) is 109 Å². The fraction of sp³-hybridized carbons (Fsp3) is 0.471. The van der Waals surface area contributed by atoms with Gasteiger partial charge in [-0.3, -0.25) is 4.79 Å². The molecule has 0 radical (unpaired) electrons. The summed E-state index contributed by atoms with van der Waals surface area (Å²) in [6, 6.07) is 5.72. The summed E-state index contributed by atoms with van der Waals surface area (Å²) in [6.07, 6.45) is 2.14. The van der Waals surface area contributed by atoms with Crippen molar-refractivity contribution in [1.82, 2.24) is 0 Å². The minimum absolute atomic E-state index is 0.0257. The van der Waals surface area contributed by atoms with Crippen LogP contribution in [0, 0.1) is 11.8 Å². The van der Waals surface area contributed by atoms with Gasteiger partial charge in [0, 0.05) is 24.0 Å². The monoisotopic (exact) mass is 319 g/mol. The minimum atomic E-state index is -1.33. The molecule has 0 aliphatic rings. The highest BCUT2D eigenvalue weighted by atomic mass is 16.4. The third-order valence-electron chi connectivity index (χ3n) is 3.75. The van der Waals surface area contributed by atoms with Gasteiger partial charge in [0.25, 0.3) is 0 Å². The van der Waals surface area contributed by atoms with Crippen LogP contribution in [0.15, 0.2) is 24.3 Å². The second-order valence-electron chi connectivity index (χ2n) is 5.67. The summed E-state index contributed by atoms with van der Waals surface area (Å²) < 4.78 is 0. The lowest BCUT2D eigenvalue weighted by Gasteiger charge is -2.24. The van der Waals surface area contributed by atoms with Gasteiger partial charge in [0.1, 0.15) is 0 Å². The Morgan fingerprint density at radius 3 is 2.48 bits per heavy atom. The van der Waals surface area contributed by atoms with E-state index in [1.54, 1.807) is 13.0 Å². The van der Waals surface area contributed by atoms with E-state index in [0.29, 0.717) is 12.1 Å². The van der Waals surface area contributed by atoms with E-state index in [1.807, 2.05) is 6.92 Å². The van der Waals surface area contributed by atoms with E-state index in [4.69, 9.17) is 0 Å². The van der Waals surface area contributed by atoms with Crippen molar-refractivity contribution in [2.24, 2.45) is 11.8 Å². The van der Waals surface area contributed by atoms with E-state index in [2.05, 4.69) is 5.32 Å². The van der Waals surface area contributed by atoms with Crippen molar-refractivity contribution in [2.75, 3.05) is 5.32 Å². The zero-order valence-corrected chi connectivity index (χ0v) is 13.3. The van der Waals surface area contributed by atoms with Gasteiger partial charge in [-0.05, 0) is 30.0 Å². The maximum atomic E-state index is 12.0. The molecule has 0 aliphatic heterocycles. The quantitative estimate of drug-likeness (QED) is 0.715. The van der Waals surface area contributed by atoms with E-state index in [1.165, 1.54) is 18.2 Å². The lowest BCUT2D eigenvalue weighted by molar-refractivity contribution is -0.313. The molecule has 0 spiro atoms. The molecule has 0 unspecified atom stereocenters. The number of amides is 1. The van der Waals surface area contributed by atoms with E-state index in [-0.39, 0.29) is 23.8 Å². The van der Waals surface area contributed by atoms with Crippen LogP contribution in [-0.2, 0) is 9.59 Å². The largest absolute Gasteiger partial charge is 0.550 e. The molecule has 1 amide bonds. The molecule has 0 fully saturated rings. The predicted octanol–water partition coefficient (Wildman–Crippen LogP) is 0.571. The zero-order chi connectivity index (χ0) is 17.4. The molecule has 0 aliphatic carbocycles. The van der Waals surface area contributed by atoms with Crippen molar-refractivity contribution in [2.45, 2.75) is 39.5 Å². The van der Waals surface area contributed by atoms with Crippen LogP contribution in [0.5, 0.6) is 0 Å². The van der Waals surface area contributed by atoms with Crippen LogP contribution in [-0.4, -0.2) is 17.8 Å². The summed E-state index contributed by atoms with van der Waals surface area (Å²) >= 11 is 0. The fourth-order valence-corrected chi connectivity index (χ4v) is 2.43. The molecular formula is C17H21NO5-2. The Morgan fingerprint density at radius 2 is 1.91 bits per heavy atom. The molecule has 0 saturated carbocycles. The zero-order valence-electron chi connectivity index (χ0n) is 13.3. The van der Waals surface area contributed by atoms with Crippen molar-refractivity contribution < 1.29 is 24.6 Å². The molecular weight excluding hydrogens is 298 g/mol. The molecule has 23 heavy (non-hydrogen) atoms. The Bertz CT molecular complexity index is 570. The van der Waals surface area contributed by atoms with Crippen LogP contribution in [0.4, 0.5) is 5.69 Å². The third-order valence-corrected chi connectivity index (χ3v) is 3.75. The van der Waals surface area contributed by atoms with Gasteiger partial charge in [-0.1, -0.05) is 38.8 Å². The average Bonchev–Trinajstić information content (AvgIpc) is 2.47. The summed E-state index contributed by atoms with van der Waals surface area (Å²) in [5.41, 5.74) is 0.300. The first-order valence-corrected chi connectivity index (χ1v) is 7.67. The Morgan fingerprint density at radius 1 is 1.22 bits per heavy atom. The molecule has 126 valence electrons. The first-order valence-electron chi connectivity index (χ1n) is 7.67. The maximum absolute atomic E-state index is 12.0. The van der Waals surface area contributed by atoms with Gasteiger partial charge < -0.3 is 25.1 Å². The Kier molecular flexibility index (Phi) is 7.25. The van der Waals surface area contributed by atoms with Gasteiger partial charge in [-0.25, -0.2) is 0 Å². The van der Waals surface area contributed by atoms with Crippen LogP contribution in [0.3, 0.4) is 0 Å². The summed E-state index contributed by atoms with van der Waals surface area (Å²) in [6.45, 7) is 3.67. The molecule has 1 aromatic rings. The number of nitrogens with one attached hydrogen (secondary N) is 1. The Balaban J connectivity index is 2.65. The highest BCUT2D eigenvalue weighted by Gasteiger charge is 2.21. The number of rotatable bonds is 9. The number of hydrogen-bond donors (Lipinski definition) is 1. The predicted molar refractivity (Wildman–Crippen MR) is 81.2 cm³/mol. The number of carbonyl (C=O) groups excluding carboxylic acids is 3. The van der Waals surface area contributed by atoms with Crippen LogP contribution < -0.4 is 15.5 Å². The lowest BCUT2D eigenvalue weighted by atomic mass is 9.87. The standard InChI is InChI=1S/C17H23NO5/c1-3-4-8-14(17(22)23)11(2)9-15(19)18-13-7-5-6-12(10-13)16(20)21/h5-7,10-11,14H,3-4,8-9H2,1-2H3,(H,18,19)(H,20,21)(H,22,23)/p-2/t11-,14+/m0/s1. The van der Waals surface area contributed by atoms with E-state index in [0.717, 1.165) is 12.8 Å². The van der Waals surface area contributed by atoms with Crippen molar-refractivity contribution in [3.8, 4) is 0 Å². The van der Waals surface area contributed by atoms with Crippen LogP contribution in [0.25, 0.3) is 0 Å². The number of anilines is 1. The van der Waals surface area contributed by atoms with E-state index in [9.17, 15) is 24.6 Å². The summed E-state index contributed by atoms with van der Waals surface area (Å²) in [5, 5.41) is 24.6. The second kappa shape index (κ2) is 8.92. The van der Waals surface area contributed by atoms with Gasteiger partial charge in [0.2, 0.25) is 5.91 Å².